The van der Waals surface area contributed by atoms with Crippen LogP contribution in [0.5, 0.6) is 5.75 Å². The molecule has 4 rings (SSSR count). The van der Waals surface area contributed by atoms with Crippen molar-refractivity contribution in [2.75, 3.05) is 0 Å². The van der Waals surface area contributed by atoms with Gasteiger partial charge in [0.25, 0.3) is 0 Å². The minimum Gasteiger partial charge on any atom is -0.403 e. The van der Waals surface area contributed by atoms with E-state index in [0.717, 1.165) is 36.3 Å². The summed E-state index contributed by atoms with van der Waals surface area (Å²) in [6.45, 7) is 2.22. The van der Waals surface area contributed by atoms with Crippen LogP contribution in [0.2, 0.25) is 0 Å². The van der Waals surface area contributed by atoms with E-state index in [1.807, 2.05) is 12.1 Å². The van der Waals surface area contributed by atoms with Crippen LogP contribution >= 0.6 is 0 Å². The molecule has 0 bridgehead atoms. The Balaban J connectivity index is 1.55. The van der Waals surface area contributed by atoms with Gasteiger partial charge in [-0.25, -0.2) is 8.78 Å². The maximum Gasteiger partial charge on any atom is 0.573 e. The van der Waals surface area contributed by atoms with E-state index >= 15 is 4.39 Å². The predicted molar refractivity (Wildman–Crippen MR) is 120 cm³/mol. The van der Waals surface area contributed by atoms with Gasteiger partial charge in [-0.15, -0.1) is 13.2 Å². The number of rotatable bonds is 6. The molecule has 0 radical (unpaired) electrons. The fourth-order valence-corrected chi connectivity index (χ4v) is 4.94. The predicted octanol–water partition coefficient (Wildman–Crippen LogP) is 9.15. The van der Waals surface area contributed by atoms with Crippen LogP contribution < -0.4 is 4.74 Å². The molecule has 3 aromatic carbocycles. The highest BCUT2D eigenvalue weighted by molar-refractivity contribution is 5.89. The van der Waals surface area contributed by atoms with Gasteiger partial charge in [-0.2, -0.15) is 0 Å². The fourth-order valence-electron chi connectivity index (χ4n) is 4.94. The first-order valence-corrected chi connectivity index (χ1v) is 11.5. The summed E-state index contributed by atoms with van der Waals surface area (Å²) in [6.07, 6.45) is 3.58. The average molecular weight is 463 g/mol. The Hall–Kier alpha value is -2.63. The Bertz CT molecular complexity index is 1110. The zero-order chi connectivity index (χ0) is 23.6. The summed E-state index contributed by atoms with van der Waals surface area (Å²) in [5.74, 6) is -1.37. The molecule has 0 saturated heterocycles. The van der Waals surface area contributed by atoms with Gasteiger partial charge in [-0.05, 0) is 66.2 Å². The van der Waals surface area contributed by atoms with Gasteiger partial charge < -0.3 is 4.74 Å². The van der Waals surface area contributed by atoms with E-state index in [2.05, 4.69) is 11.7 Å². The van der Waals surface area contributed by atoms with Crippen LogP contribution in [0.1, 0.15) is 63.4 Å². The lowest BCUT2D eigenvalue weighted by Crippen LogP contribution is -2.17. The van der Waals surface area contributed by atoms with Crippen LogP contribution in [0.15, 0.2) is 48.5 Å². The molecule has 1 aliphatic carbocycles. The number of hydrogen-bond acceptors (Lipinski definition) is 1. The van der Waals surface area contributed by atoms with E-state index in [4.69, 9.17) is 0 Å². The quantitative estimate of drug-likeness (QED) is 0.332. The lowest BCUT2D eigenvalue weighted by molar-refractivity contribution is -0.275. The van der Waals surface area contributed by atoms with Gasteiger partial charge in [0.1, 0.15) is 5.82 Å². The average Bonchev–Trinajstić information content (AvgIpc) is 2.79. The fraction of sp³-hybridized carbons (Fsp3) is 0.407. The first-order valence-electron chi connectivity index (χ1n) is 11.5. The molecule has 3 aromatic rings. The molecule has 6 heteroatoms. The van der Waals surface area contributed by atoms with E-state index in [0.29, 0.717) is 11.3 Å². The molecule has 1 nitrogen and oxygen atoms in total. The number of ether oxygens (including phenoxy) is 1. The third kappa shape index (κ3) is 5.48. The van der Waals surface area contributed by atoms with Crippen molar-refractivity contribution in [2.24, 2.45) is 5.92 Å². The van der Waals surface area contributed by atoms with Crippen LogP contribution in [0.4, 0.5) is 22.0 Å². The molecule has 0 aromatic heterocycles. The van der Waals surface area contributed by atoms with Crippen molar-refractivity contribution in [3.63, 3.8) is 0 Å². The Morgan fingerprint density at radius 3 is 2.33 bits per heavy atom. The van der Waals surface area contributed by atoms with E-state index in [1.54, 1.807) is 18.2 Å². The standard InChI is InChI=1S/C27H27F5O/c1-2-3-4-17-5-7-18(8-6-17)19-9-12-22-20(15-19)10-13-23(26(22)29)21-11-14-25(24(28)16-21)33-27(30,31)32/h9-18H,2-8H2,1H3/t17-,18-. The highest BCUT2D eigenvalue weighted by Crippen LogP contribution is 2.39. The van der Waals surface area contributed by atoms with Gasteiger partial charge in [0.2, 0.25) is 0 Å². The molecular weight excluding hydrogens is 435 g/mol. The van der Waals surface area contributed by atoms with E-state index < -0.39 is 23.7 Å². The van der Waals surface area contributed by atoms with Crippen molar-refractivity contribution in [1.29, 1.82) is 0 Å². The molecule has 0 atom stereocenters. The number of halogens is 5. The highest BCUT2D eigenvalue weighted by atomic mass is 19.4. The van der Waals surface area contributed by atoms with E-state index in [1.165, 1.54) is 43.7 Å². The maximum absolute atomic E-state index is 15.3. The molecule has 176 valence electrons. The van der Waals surface area contributed by atoms with E-state index in [-0.39, 0.29) is 11.1 Å². The van der Waals surface area contributed by atoms with Crippen molar-refractivity contribution in [3.8, 4) is 16.9 Å². The molecule has 0 N–H and O–H groups in total. The summed E-state index contributed by atoms with van der Waals surface area (Å²) < 4.78 is 70.1. The van der Waals surface area contributed by atoms with Gasteiger partial charge in [0, 0.05) is 10.9 Å². The molecule has 1 saturated carbocycles. The monoisotopic (exact) mass is 462 g/mol. The summed E-state index contributed by atoms with van der Waals surface area (Å²) in [7, 11) is 0. The second kappa shape index (κ2) is 9.70. The summed E-state index contributed by atoms with van der Waals surface area (Å²) in [5, 5.41) is 1.17. The SMILES string of the molecule is CCCC[C@H]1CC[C@H](c2ccc3c(F)c(-c4ccc(OC(F)(F)F)c(F)c4)ccc3c2)CC1. The summed E-state index contributed by atoms with van der Waals surface area (Å²) >= 11 is 0. The molecule has 0 heterocycles. The van der Waals surface area contributed by atoms with Crippen LogP contribution in [0.3, 0.4) is 0 Å². The van der Waals surface area contributed by atoms with Crippen LogP contribution in [-0.2, 0) is 0 Å². The lowest BCUT2D eigenvalue weighted by atomic mass is 9.77. The Labute approximate surface area is 190 Å². The Morgan fingerprint density at radius 1 is 0.909 bits per heavy atom. The maximum atomic E-state index is 15.3. The topological polar surface area (TPSA) is 9.23 Å². The Morgan fingerprint density at radius 2 is 1.67 bits per heavy atom. The summed E-state index contributed by atoms with van der Waals surface area (Å²) in [5.41, 5.74) is 1.49. The molecule has 33 heavy (non-hydrogen) atoms. The lowest BCUT2D eigenvalue weighted by Gasteiger charge is -2.29. The second-order valence-corrected chi connectivity index (χ2v) is 8.96. The van der Waals surface area contributed by atoms with E-state index in [9.17, 15) is 17.6 Å². The van der Waals surface area contributed by atoms with Crippen molar-refractivity contribution in [3.05, 3.63) is 65.7 Å². The zero-order valence-electron chi connectivity index (χ0n) is 18.5. The third-order valence-electron chi connectivity index (χ3n) is 6.73. The van der Waals surface area contributed by atoms with Crippen molar-refractivity contribution in [1.82, 2.24) is 0 Å². The Kier molecular flexibility index (Phi) is 6.91. The second-order valence-electron chi connectivity index (χ2n) is 8.96. The minimum atomic E-state index is -5.00. The first kappa shape index (κ1) is 23.5. The van der Waals surface area contributed by atoms with Crippen LogP contribution in [0, 0.1) is 17.6 Å². The smallest absolute Gasteiger partial charge is 0.403 e. The normalized spacial score (nSPS) is 19.1. The van der Waals surface area contributed by atoms with Gasteiger partial charge >= 0.3 is 6.36 Å². The zero-order valence-corrected chi connectivity index (χ0v) is 18.5. The summed E-state index contributed by atoms with van der Waals surface area (Å²) in [4.78, 5) is 0. The van der Waals surface area contributed by atoms with Crippen molar-refractivity contribution >= 4 is 10.8 Å². The number of fused-ring (bicyclic) bond motifs is 1. The van der Waals surface area contributed by atoms with Crippen molar-refractivity contribution < 1.29 is 26.7 Å². The number of benzene rings is 3. The molecule has 0 unspecified atom stereocenters. The first-order chi connectivity index (χ1) is 15.7. The summed E-state index contributed by atoms with van der Waals surface area (Å²) in [6, 6.07) is 12.0. The number of alkyl halides is 3. The third-order valence-corrected chi connectivity index (χ3v) is 6.73. The van der Waals surface area contributed by atoms with Gasteiger partial charge in [0.05, 0.1) is 0 Å². The van der Waals surface area contributed by atoms with Crippen LogP contribution in [-0.4, -0.2) is 6.36 Å². The molecule has 1 aliphatic rings. The largest absolute Gasteiger partial charge is 0.573 e. The molecule has 0 aliphatic heterocycles. The number of unbranched alkanes of at least 4 members (excludes halogenated alkanes) is 1. The highest BCUT2D eigenvalue weighted by Gasteiger charge is 2.32. The number of hydrogen-bond donors (Lipinski definition) is 0. The molecule has 0 amide bonds. The van der Waals surface area contributed by atoms with Crippen LogP contribution in [0.25, 0.3) is 21.9 Å². The van der Waals surface area contributed by atoms with Gasteiger partial charge in [0.15, 0.2) is 11.6 Å². The molecule has 1 fully saturated rings. The molecule has 0 spiro atoms. The molecular formula is C27H27F5O. The van der Waals surface area contributed by atoms with Crippen molar-refractivity contribution in [2.45, 2.75) is 64.1 Å². The van der Waals surface area contributed by atoms with Gasteiger partial charge in [-0.3, -0.25) is 0 Å². The van der Waals surface area contributed by atoms with Gasteiger partial charge in [-0.1, -0.05) is 62.6 Å². The minimum absolute atomic E-state index is 0.129.